The molecular weight excluding hydrogens is 341 g/mol. The molecule has 0 aliphatic carbocycles. The number of carbonyl (C=O) groups excluding carboxylic acids is 1. The number of carboxylic acids is 1. The topological polar surface area (TPSA) is 97.1 Å². The second-order valence-corrected chi connectivity index (χ2v) is 5.20. The highest BCUT2D eigenvalue weighted by Crippen LogP contribution is 2.30. The van der Waals surface area contributed by atoms with E-state index in [2.05, 4.69) is 15.6 Å². The molecule has 0 fully saturated rings. The van der Waals surface area contributed by atoms with Gasteiger partial charge >= 0.3 is 12.1 Å². The third kappa shape index (κ3) is 5.30. The lowest BCUT2D eigenvalue weighted by Gasteiger charge is -2.08. The molecule has 0 bridgehead atoms. The number of unbranched alkanes of at least 4 members (excludes halogenated alkanes) is 1. The van der Waals surface area contributed by atoms with E-state index in [-0.39, 0.29) is 24.3 Å². The molecule has 0 radical (unpaired) electrons. The second kappa shape index (κ2) is 7.77. The van der Waals surface area contributed by atoms with Gasteiger partial charge in [-0.05, 0) is 31.0 Å². The van der Waals surface area contributed by atoms with Crippen molar-refractivity contribution in [3.8, 4) is 5.69 Å². The first-order valence-electron chi connectivity index (χ1n) is 7.37. The number of halogens is 3. The molecule has 0 saturated heterocycles. The normalized spacial score (nSPS) is 11.3. The number of hydrogen-bond acceptors (Lipinski definition) is 4. The Hall–Kier alpha value is -2.91. The van der Waals surface area contributed by atoms with Crippen LogP contribution in [-0.4, -0.2) is 38.5 Å². The fourth-order valence-corrected chi connectivity index (χ4v) is 2.01. The summed E-state index contributed by atoms with van der Waals surface area (Å²) in [6, 6.07) is 4.49. The molecule has 25 heavy (non-hydrogen) atoms. The first-order valence-corrected chi connectivity index (χ1v) is 7.37. The van der Waals surface area contributed by atoms with E-state index in [1.165, 1.54) is 18.3 Å². The Balaban J connectivity index is 1.98. The van der Waals surface area contributed by atoms with Crippen LogP contribution in [0.5, 0.6) is 0 Å². The van der Waals surface area contributed by atoms with Gasteiger partial charge in [-0.3, -0.25) is 9.59 Å². The lowest BCUT2D eigenvalue weighted by atomic mass is 10.2. The van der Waals surface area contributed by atoms with Gasteiger partial charge in [0.25, 0.3) is 5.91 Å². The lowest BCUT2D eigenvalue weighted by molar-refractivity contribution is -0.138. The van der Waals surface area contributed by atoms with Gasteiger partial charge in [0.1, 0.15) is 0 Å². The average Bonchev–Trinajstić information content (AvgIpc) is 3.03. The third-order valence-corrected chi connectivity index (χ3v) is 3.27. The molecule has 2 N–H and O–H groups in total. The Kier molecular flexibility index (Phi) is 5.73. The standard InChI is InChI=1S/C15H15F3N4O3/c16-15(17,18)10-4-3-5-11(8-10)22-9-12(20-21-22)14(25)19-7-2-1-6-13(23)24/h3-5,8-9H,1-2,6-7H2,(H,19,25)(H,23,24). The van der Waals surface area contributed by atoms with Crippen LogP contribution in [0.1, 0.15) is 35.3 Å². The maximum atomic E-state index is 12.7. The predicted molar refractivity (Wildman–Crippen MR) is 80.2 cm³/mol. The number of rotatable bonds is 7. The van der Waals surface area contributed by atoms with Crippen molar-refractivity contribution in [3.63, 3.8) is 0 Å². The predicted octanol–water partition coefficient (Wildman–Crippen LogP) is 2.27. The van der Waals surface area contributed by atoms with Gasteiger partial charge in [0.2, 0.25) is 0 Å². The van der Waals surface area contributed by atoms with E-state index in [9.17, 15) is 22.8 Å². The molecule has 7 nitrogen and oxygen atoms in total. The number of hydrogen-bond donors (Lipinski definition) is 2. The Morgan fingerprint density at radius 3 is 2.68 bits per heavy atom. The first kappa shape index (κ1) is 18.4. The number of amides is 1. The molecule has 1 aromatic carbocycles. The van der Waals surface area contributed by atoms with Gasteiger partial charge in [0.05, 0.1) is 17.4 Å². The van der Waals surface area contributed by atoms with Crippen molar-refractivity contribution in [2.45, 2.75) is 25.4 Å². The Morgan fingerprint density at radius 2 is 2.00 bits per heavy atom. The van der Waals surface area contributed by atoms with Gasteiger partial charge in [-0.1, -0.05) is 11.3 Å². The largest absolute Gasteiger partial charge is 0.481 e. The molecule has 2 aromatic rings. The lowest BCUT2D eigenvalue weighted by Crippen LogP contribution is -2.24. The van der Waals surface area contributed by atoms with E-state index in [0.717, 1.165) is 16.8 Å². The van der Waals surface area contributed by atoms with Crippen molar-refractivity contribution in [2.75, 3.05) is 6.54 Å². The van der Waals surface area contributed by atoms with Crippen LogP contribution in [0.3, 0.4) is 0 Å². The van der Waals surface area contributed by atoms with Crippen LogP contribution in [-0.2, 0) is 11.0 Å². The van der Waals surface area contributed by atoms with Crippen molar-refractivity contribution < 1.29 is 27.9 Å². The van der Waals surface area contributed by atoms with Crippen molar-refractivity contribution in [3.05, 3.63) is 41.7 Å². The third-order valence-electron chi connectivity index (χ3n) is 3.27. The minimum atomic E-state index is -4.48. The van der Waals surface area contributed by atoms with Crippen LogP contribution in [0.25, 0.3) is 5.69 Å². The number of benzene rings is 1. The first-order chi connectivity index (χ1) is 11.8. The molecule has 0 saturated carbocycles. The van der Waals surface area contributed by atoms with Crippen molar-refractivity contribution in [2.24, 2.45) is 0 Å². The van der Waals surface area contributed by atoms with Crippen LogP contribution >= 0.6 is 0 Å². The zero-order valence-corrected chi connectivity index (χ0v) is 13.0. The number of alkyl halides is 3. The molecule has 10 heteroatoms. The van der Waals surface area contributed by atoms with Gasteiger partial charge in [0, 0.05) is 13.0 Å². The van der Waals surface area contributed by atoms with Gasteiger partial charge in [-0.2, -0.15) is 13.2 Å². The SMILES string of the molecule is O=C(O)CCCCNC(=O)c1cn(-c2cccc(C(F)(F)F)c2)nn1. The molecule has 0 aliphatic rings. The molecule has 0 unspecified atom stereocenters. The average molecular weight is 356 g/mol. The maximum absolute atomic E-state index is 12.7. The summed E-state index contributed by atoms with van der Waals surface area (Å²) in [6.45, 7) is 0.266. The Labute approximate surface area is 140 Å². The quantitative estimate of drug-likeness (QED) is 0.742. The highest BCUT2D eigenvalue weighted by molar-refractivity contribution is 5.91. The molecule has 1 heterocycles. The van der Waals surface area contributed by atoms with E-state index < -0.39 is 23.6 Å². The molecule has 0 aliphatic heterocycles. The van der Waals surface area contributed by atoms with E-state index in [1.807, 2.05) is 0 Å². The minimum absolute atomic E-state index is 0.0155. The van der Waals surface area contributed by atoms with Crippen molar-refractivity contribution in [1.82, 2.24) is 20.3 Å². The van der Waals surface area contributed by atoms with Crippen LogP contribution < -0.4 is 5.32 Å². The number of nitrogens with zero attached hydrogens (tertiary/aromatic N) is 3. The molecule has 1 aromatic heterocycles. The number of aliphatic carboxylic acids is 1. The molecule has 134 valence electrons. The summed E-state index contributed by atoms with van der Waals surface area (Å²) in [5, 5.41) is 18.3. The fraction of sp³-hybridized carbons (Fsp3) is 0.333. The number of carboxylic acid groups (broad SMARTS) is 1. The van der Waals surface area contributed by atoms with Crippen LogP contribution in [0.2, 0.25) is 0 Å². The second-order valence-electron chi connectivity index (χ2n) is 5.20. The Bertz CT molecular complexity index is 758. The molecule has 0 atom stereocenters. The summed E-state index contributed by atoms with van der Waals surface area (Å²) in [7, 11) is 0. The van der Waals surface area contributed by atoms with Crippen molar-refractivity contribution in [1.29, 1.82) is 0 Å². The van der Waals surface area contributed by atoms with Crippen LogP contribution in [0, 0.1) is 0 Å². The van der Waals surface area contributed by atoms with Gasteiger partial charge in [-0.25, -0.2) is 4.68 Å². The van der Waals surface area contributed by atoms with Crippen LogP contribution in [0.4, 0.5) is 13.2 Å². The van der Waals surface area contributed by atoms with E-state index in [1.54, 1.807) is 0 Å². The highest BCUT2D eigenvalue weighted by atomic mass is 19.4. The summed E-state index contributed by atoms with van der Waals surface area (Å²) in [6.07, 6.45) is -2.33. The monoisotopic (exact) mass is 356 g/mol. The number of aromatic nitrogens is 3. The van der Waals surface area contributed by atoms with Gasteiger partial charge in [-0.15, -0.1) is 5.10 Å². The zero-order valence-electron chi connectivity index (χ0n) is 13.0. The van der Waals surface area contributed by atoms with E-state index >= 15 is 0 Å². The van der Waals surface area contributed by atoms with Gasteiger partial charge in [0.15, 0.2) is 5.69 Å². The molecule has 0 spiro atoms. The summed E-state index contributed by atoms with van der Waals surface area (Å²) >= 11 is 0. The molecule has 2 rings (SSSR count). The summed E-state index contributed by atoms with van der Waals surface area (Å²) in [5.74, 6) is -1.44. The smallest absolute Gasteiger partial charge is 0.416 e. The Morgan fingerprint density at radius 1 is 1.24 bits per heavy atom. The summed E-state index contributed by atoms with van der Waals surface area (Å²) < 4.78 is 39.2. The maximum Gasteiger partial charge on any atom is 0.416 e. The molecule has 1 amide bonds. The van der Waals surface area contributed by atoms with Crippen molar-refractivity contribution >= 4 is 11.9 Å². The molecular formula is C15H15F3N4O3. The zero-order chi connectivity index (χ0) is 18.4. The highest BCUT2D eigenvalue weighted by Gasteiger charge is 2.30. The fourth-order valence-electron chi connectivity index (χ4n) is 2.01. The number of nitrogens with one attached hydrogen (secondary N) is 1. The number of carbonyl (C=O) groups is 2. The summed E-state index contributed by atoms with van der Waals surface area (Å²) in [4.78, 5) is 22.3. The van der Waals surface area contributed by atoms with E-state index in [0.29, 0.717) is 12.8 Å². The van der Waals surface area contributed by atoms with Gasteiger partial charge < -0.3 is 10.4 Å². The minimum Gasteiger partial charge on any atom is -0.481 e. The van der Waals surface area contributed by atoms with Crippen LogP contribution in [0.15, 0.2) is 30.5 Å². The summed E-state index contributed by atoms with van der Waals surface area (Å²) in [5.41, 5.74) is -0.747. The van der Waals surface area contributed by atoms with E-state index in [4.69, 9.17) is 5.11 Å².